The van der Waals surface area contributed by atoms with E-state index >= 15 is 0 Å². The lowest BCUT2D eigenvalue weighted by Gasteiger charge is -2.13. The van der Waals surface area contributed by atoms with Gasteiger partial charge in [-0.1, -0.05) is 11.6 Å². The Kier molecular flexibility index (Phi) is 3.12. The normalized spacial score (nSPS) is 21.7. The molecule has 62 valence electrons. The van der Waals surface area contributed by atoms with Gasteiger partial charge in [0.1, 0.15) is 0 Å². The van der Waals surface area contributed by atoms with Crippen LogP contribution in [0.3, 0.4) is 0 Å². The van der Waals surface area contributed by atoms with Crippen molar-refractivity contribution in [3.8, 4) is 0 Å². The molecule has 8 heteroatoms. The van der Waals surface area contributed by atoms with Crippen LogP contribution in [-0.2, 0) is 9.13 Å². The van der Waals surface area contributed by atoms with Crippen LogP contribution in [0.5, 0.6) is 0 Å². The Balaban J connectivity index is 4.56. The fraction of sp³-hybridized carbons (Fsp3) is 1.00. The minimum absolute atomic E-state index is 0.795. The van der Waals surface area contributed by atoms with Crippen LogP contribution >= 0.6 is 26.6 Å². The molecule has 0 aromatic heterocycles. The summed E-state index contributed by atoms with van der Waals surface area (Å²) in [5.41, 5.74) is 0. The lowest BCUT2D eigenvalue weighted by atomic mass is 11.8. The summed E-state index contributed by atoms with van der Waals surface area (Å²) in [5, 5.41) is 0. The third kappa shape index (κ3) is 3.15. The molecule has 0 bridgehead atoms. The van der Waals surface area contributed by atoms with E-state index in [4.69, 9.17) is 26.3 Å². The molecule has 0 aliphatic heterocycles. The van der Waals surface area contributed by atoms with Gasteiger partial charge in [-0.2, -0.15) is 0 Å². The molecule has 10 heavy (non-hydrogen) atoms. The first-order chi connectivity index (χ1) is 4.15. The summed E-state index contributed by atoms with van der Waals surface area (Å²) in [4.78, 5) is 23.1. The molecule has 0 radical (unpaired) electrons. The minimum atomic E-state index is -4.63. The Morgan fingerprint density at radius 1 is 1.30 bits per heavy atom. The third-order valence-electron chi connectivity index (χ3n) is 0.673. The Morgan fingerprint density at radius 2 is 1.60 bits per heavy atom. The molecule has 0 aliphatic rings. The van der Waals surface area contributed by atoms with Crippen molar-refractivity contribution in [2.75, 3.05) is 6.66 Å². The Hall–Kier alpha value is 0.630. The molecule has 0 aromatic rings. The molecule has 2 atom stereocenters. The van der Waals surface area contributed by atoms with Gasteiger partial charge in [-0.15, -0.1) is 0 Å². The van der Waals surface area contributed by atoms with Crippen molar-refractivity contribution in [3.05, 3.63) is 0 Å². The van der Waals surface area contributed by atoms with Gasteiger partial charge in [-0.3, -0.25) is 9.13 Å². The summed E-state index contributed by atoms with van der Waals surface area (Å²) in [5.74, 6) is 0. The maximum atomic E-state index is 10.5. The summed E-state index contributed by atoms with van der Waals surface area (Å²) in [6.45, 7) is 0.795. The topological polar surface area (TPSA) is 94.8 Å². The van der Waals surface area contributed by atoms with Crippen LogP contribution in [0.4, 0.5) is 0 Å². The Morgan fingerprint density at radius 3 is 1.60 bits per heavy atom. The number of rotatable bonds is 2. The average Bonchev–Trinajstić information content (AvgIpc) is 1.59. The van der Waals surface area contributed by atoms with Crippen molar-refractivity contribution in [3.63, 3.8) is 0 Å². The SMILES string of the molecule is CP(=O)(O)C(Cl)P(=O)(O)O. The zero-order chi connectivity index (χ0) is 8.58. The van der Waals surface area contributed by atoms with Gasteiger partial charge in [0.15, 0.2) is 0 Å². The molecule has 2 unspecified atom stereocenters. The summed E-state index contributed by atoms with van der Waals surface area (Å²) in [6.07, 6.45) is 0. The van der Waals surface area contributed by atoms with E-state index < -0.39 is 19.8 Å². The molecule has 0 aliphatic carbocycles. The molecular formula is C2H7ClO5P2. The van der Waals surface area contributed by atoms with Gasteiger partial charge in [0.2, 0.25) is 12.2 Å². The van der Waals surface area contributed by atoms with Gasteiger partial charge in [0, 0.05) is 6.66 Å². The molecule has 0 heterocycles. The quantitative estimate of drug-likeness (QED) is 0.456. The van der Waals surface area contributed by atoms with Crippen LogP contribution in [0.2, 0.25) is 0 Å². The number of alkyl halides is 1. The first-order valence-corrected chi connectivity index (χ1v) is 6.44. The number of hydrogen-bond donors (Lipinski definition) is 3. The summed E-state index contributed by atoms with van der Waals surface area (Å²) < 4.78 is 20.7. The van der Waals surface area contributed by atoms with Gasteiger partial charge < -0.3 is 14.7 Å². The number of halogens is 1. The van der Waals surface area contributed by atoms with Crippen molar-refractivity contribution < 1.29 is 23.8 Å². The monoisotopic (exact) mass is 208 g/mol. The molecular weight excluding hydrogens is 201 g/mol. The smallest absolute Gasteiger partial charge is 0.343 e. The van der Waals surface area contributed by atoms with Crippen molar-refractivity contribution in [1.82, 2.24) is 0 Å². The van der Waals surface area contributed by atoms with E-state index in [0.29, 0.717) is 0 Å². The van der Waals surface area contributed by atoms with Crippen molar-refractivity contribution in [2.24, 2.45) is 0 Å². The summed E-state index contributed by atoms with van der Waals surface area (Å²) in [6, 6.07) is 0. The largest absolute Gasteiger partial charge is 0.353 e. The van der Waals surface area contributed by atoms with E-state index in [2.05, 4.69) is 0 Å². The molecule has 0 saturated carbocycles. The van der Waals surface area contributed by atoms with Crippen LogP contribution in [0.1, 0.15) is 0 Å². The van der Waals surface area contributed by atoms with Crippen LogP contribution in [0, 0.1) is 0 Å². The zero-order valence-electron chi connectivity index (χ0n) is 5.01. The first-order valence-electron chi connectivity index (χ1n) is 2.15. The molecule has 0 aromatic carbocycles. The first kappa shape index (κ1) is 10.6. The lowest BCUT2D eigenvalue weighted by molar-refractivity contribution is 0.372. The van der Waals surface area contributed by atoms with Crippen molar-refractivity contribution in [2.45, 2.75) is 4.86 Å². The van der Waals surface area contributed by atoms with Gasteiger partial charge in [-0.25, -0.2) is 0 Å². The predicted molar refractivity (Wildman–Crippen MR) is 37.4 cm³/mol. The zero-order valence-corrected chi connectivity index (χ0v) is 7.55. The third-order valence-corrected chi connectivity index (χ3v) is 6.06. The molecule has 0 amide bonds. The van der Waals surface area contributed by atoms with E-state index in [-0.39, 0.29) is 0 Å². The minimum Gasteiger partial charge on any atom is -0.343 e. The fourth-order valence-corrected chi connectivity index (χ4v) is 2.51. The maximum Gasteiger partial charge on any atom is 0.353 e. The van der Waals surface area contributed by atoms with Crippen LogP contribution in [-0.4, -0.2) is 26.2 Å². The van der Waals surface area contributed by atoms with Crippen molar-refractivity contribution in [1.29, 1.82) is 0 Å². The molecule has 0 fully saturated rings. The van der Waals surface area contributed by atoms with Crippen molar-refractivity contribution >= 4 is 26.6 Å². The lowest BCUT2D eigenvalue weighted by Crippen LogP contribution is -1.99. The van der Waals surface area contributed by atoms with E-state index in [1.165, 1.54) is 0 Å². The Labute approximate surface area is 62.6 Å². The van der Waals surface area contributed by atoms with Gasteiger partial charge >= 0.3 is 7.60 Å². The standard InChI is InChI=1S/C2H7ClO5P2/c1-9(4,5)2(3)10(6,7)8/h2H,1H3,(H,4,5)(H2,6,7,8). The highest BCUT2D eigenvalue weighted by atomic mass is 35.5. The highest BCUT2D eigenvalue weighted by Gasteiger charge is 2.38. The van der Waals surface area contributed by atoms with E-state index in [9.17, 15) is 9.13 Å². The molecule has 5 nitrogen and oxygen atoms in total. The van der Waals surface area contributed by atoms with Gasteiger partial charge in [0.05, 0.1) is 0 Å². The van der Waals surface area contributed by atoms with Gasteiger partial charge in [-0.05, 0) is 0 Å². The molecule has 0 saturated heterocycles. The van der Waals surface area contributed by atoms with E-state index in [0.717, 1.165) is 6.66 Å². The second kappa shape index (κ2) is 2.94. The molecule has 0 spiro atoms. The molecule has 3 N–H and O–H groups in total. The second-order valence-electron chi connectivity index (χ2n) is 1.84. The number of hydrogen-bond acceptors (Lipinski definition) is 2. The van der Waals surface area contributed by atoms with Gasteiger partial charge in [0.25, 0.3) is 0 Å². The maximum absolute atomic E-state index is 10.5. The summed E-state index contributed by atoms with van der Waals surface area (Å²) >= 11 is 4.96. The van der Waals surface area contributed by atoms with Crippen LogP contribution < -0.4 is 0 Å². The fourth-order valence-electron chi connectivity index (χ4n) is 0.279. The second-order valence-corrected chi connectivity index (χ2v) is 7.39. The highest BCUT2D eigenvalue weighted by molar-refractivity contribution is 7.76. The summed E-state index contributed by atoms with van der Waals surface area (Å²) in [7, 11) is -8.50. The van der Waals surface area contributed by atoms with E-state index in [1.807, 2.05) is 0 Å². The van der Waals surface area contributed by atoms with Crippen LogP contribution in [0.15, 0.2) is 0 Å². The predicted octanol–water partition coefficient (Wildman–Crippen LogP) is 0.587. The van der Waals surface area contributed by atoms with E-state index in [1.54, 1.807) is 0 Å². The van der Waals surface area contributed by atoms with Crippen LogP contribution in [0.25, 0.3) is 0 Å². The highest BCUT2D eigenvalue weighted by Crippen LogP contribution is 2.62. The Bertz CT molecular complexity index is 180. The molecule has 0 rings (SSSR count). The average molecular weight is 208 g/mol.